The van der Waals surface area contributed by atoms with Crippen molar-refractivity contribution in [2.75, 3.05) is 19.6 Å². The highest BCUT2D eigenvalue weighted by Gasteiger charge is 2.26. The fourth-order valence-corrected chi connectivity index (χ4v) is 3.18. The molecule has 1 N–H and O–H groups in total. The SMILES string of the molecule is CC1CN(C(=O)c2nc(-c3ccccc3)n(-c3ccccc3)n2)CCN1. The Morgan fingerprint density at radius 2 is 1.77 bits per heavy atom. The lowest BCUT2D eigenvalue weighted by Gasteiger charge is -2.30. The topological polar surface area (TPSA) is 63.1 Å². The van der Waals surface area contributed by atoms with E-state index in [1.165, 1.54) is 0 Å². The van der Waals surface area contributed by atoms with Gasteiger partial charge in [0.1, 0.15) is 0 Å². The summed E-state index contributed by atoms with van der Waals surface area (Å²) in [7, 11) is 0. The van der Waals surface area contributed by atoms with Crippen LogP contribution in [0.4, 0.5) is 0 Å². The normalized spacial score (nSPS) is 17.3. The summed E-state index contributed by atoms with van der Waals surface area (Å²) in [6.45, 7) is 4.20. The van der Waals surface area contributed by atoms with Gasteiger partial charge < -0.3 is 10.2 Å². The molecular formula is C20H21N5O. The molecular weight excluding hydrogens is 326 g/mol. The molecule has 1 aromatic heterocycles. The third kappa shape index (κ3) is 3.23. The van der Waals surface area contributed by atoms with Crippen LogP contribution in [0.25, 0.3) is 17.1 Å². The second-order valence-electron chi connectivity index (χ2n) is 6.48. The van der Waals surface area contributed by atoms with Crippen LogP contribution in [-0.4, -0.2) is 51.2 Å². The van der Waals surface area contributed by atoms with E-state index in [-0.39, 0.29) is 17.8 Å². The van der Waals surface area contributed by atoms with E-state index in [0.29, 0.717) is 18.9 Å². The summed E-state index contributed by atoms with van der Waals surface area (Å²) < 4.78 is 1.74. The van der Waals surface area contributed by atoms with Crippen LogP contribution < -0.4 is 5.32 Å². The zero-order valence-corrected chi connectivity index (χ0v) is 14.7. The molecule has 1 unspecified atom stereocenters. The van der Waals surface area contributed by atoms with Gasteiger partial charge in [-0.15, -0.1) is 5.10 Å². The molecule has 26 heavy (non-hydrogen) atoms. The van der Waals surface area contributed by atoms with E-state index in [9.17, 15) is 4.79 Å². The first kappa shape index (κ1) is 16.5. The van der Waals surface area contributed by atoms with Crippen LogP contribution in [0.1, 0.15) is 17.5 Å². The Bertz CT molecular complexity index is 834. The van der Waals surface area contributed by atoms with E-state index in [0.717, 1.165) is 17.8 Å². The molecule has 1 atom stereocenters. The fraction of sp³-hybridized carbons (Fsp3) is 0.250. The molecule has 2 heterocycles. The monoisotopic (exact) mass is 347 g/mol. The highest BCUT2D eigenvalue weighted by Crippen LogP contribution is 2.21. The molecule has 1 amide bonds. The molecule has 0 radical (unpaired) electrons. The Morgan fingerprint density at radius 3 is 2.46 bits per heavy atom. The molecule has 0 bridgehead atoms. The van der Waals surface area contributed by atoms with Crippen molar-refractivity contribution in [1.29, 1.82) is 0 Å². The molecule has 1 saturated heterocycles. The summed E-state index contributed by atoms with van der Waals surface area (Å²) in [6, 6.07) is 19.9. The Balaban J connectivity index is 1.75. The summed E-state index contributed by atoms with van der Waals surface area (Å²) in [5, 5.41) is 7.90. The second-order valence-corrected chi connectivity index (χ2v) is 6.48. The number of hydrogen-bond acceptors (Lipinski definition) is 4. The number of aromatic nitrogens is 3. The van der Waals surface area contributed by atoms with Crippen molar-refractivity contribution in [3.8, 4) is 17.1 Å². The summed E-state index contributed by atoms with van der Waals surface area (Å²) in [5.41, 5.74) is 1.81. The first-order valence-corrected chi connectivity index (χ1v) is 8.83. The van der Waals surface area contributed by atoms with Gasteiger partial charge in [0.2, 0.25) is 5.82 Å². The number of carbonyl (C=O) groups is 1. The Hall–Kier alpha value is -2.99. The molecule has 6 nitrogen and oxygen atoms in total. The molecule has 132 valence electrons. The highest BCUT2D eigenvalue weighted by atomic mass is 16.2. The van der Waals surface area contributed by atoms with Gasteiger partial charge in [0.15, 0.2) is 5.82 Å². The maximum absolute atomic E-state index is 12.9. The number of benzene rings is 2. The second kappa shape index (κ2) is 7.09. The van der Waals surface area contributed by atoms with Gasteiger partial charge in [-0.1, -0.05) is 48.5 Å². The molecule has 4 rings (SSSR count). The number of nitrogens with zero attached hydrogens (tertiary/aromatic N) is 4. The minimum atomic E-state index is -0.120. The van der Waals surface area contributed by atoms with Crippen LogP contribution in [0.3, 0.4) is 0 Å². The molecule has 2 aromatic carbocycles. The average Bonchev–Trinajstić information content (AvgIpc) is 3.14. The van der Waals surface area contributed by atoms with Crippen LogP contribution in [-0.2, 0) is 0 Å². The lowest BCUT2D eigenvalue weighted by Crippen LogP contribution is -2.51. The number of nitrogens with one attached hydrogen (secondary N) is 1. The van der Waals surface area contributed by atoms with Gasteiger partial charge in [0.05, 0.1) is 5.69 Å². The van der Waals surface area contributed by atoms with Crippen molar-refractivity contribution < 1.29 is 4.79 Å². The summed E-state index contributed by atoms with van der Waals surface area (Å²) >= 11 is 0. The van der Waals surface area contributed by atoms with E-state index < -0.39 is 0 Å². The Labute approximate surface area is 152 Å². The lowest BCUT2D eigenvalue weighted by molar-refractivity contribution is 0.0697. The number of para-hydroxylation sites is 1. The van der Waals surface area contributed by atoms with E-state index in [1.54, 1.807) is 4.68 Å². The van der Waals surface area contributed by atoms with Crippen LogP contribution in [0, 0.1) is 0 Å². The zero-order chi connectivity index (χ0) is 17.9. The van der Waals surface area contributed by atoms with Gasteiger partial charge in [-0.2, -0.15) is 0 Å². The van der Waals surface area contributed by atoms with Gasteiger partial charge in [-0.05, 0) is 19.1 Å². The Kier molecular flexibility index (Phi) is 4.50. The summed E-state index contributed by atoms with van der Waals surface area (Å²) in [4.78, 5) is 19.4. The highest BCUT2D eigenvalue weighted by molar-refractivity contribution is 5.91. The molecule has 1 aliphatic heterocycles. The van der Waals surface area contributed by atoms with Gasteiger partial charge >= 0.3 is 0 Å². The smallest absolute Gasteiger partial charge is 0.293 e. The summed E-state index contributed by atoms with van der Waals surface area (Å²) in [5.74, 6) is 0.787. The first-order chi connectivity index (χ1) is 12.7. The maximum atomic E-state index is 12.9. The van der Waals surface area contributed by atoms with Crippen LogP contribution in [0.2, 0.25) is 0 Å². The molecule has 6 heteroatoms. The largest absolute Gasteiger partial charge is 0.333 e. The first-order valence-electron chi connectivity index (χ1n) is 8.83. The molecule has 1 aliphatic rings. The predicted molar refractivity (Wildman–Crippen MR) is 100 cm³/mol. The third-order valence-corrected chi connectivity index (χ3v) is 4.49. The van der Waals surface area contributed by atoms with Crippen LogP contribution in [0.5, 0.6) is 0 Å². The van der Waals surface area contributed by atoms with E-state index >= 15 is 0 Å². The number of hydrogen-bond donors (Lipinski definition) is 1. The maximum Gasteiger partial charge on any atom is 0.293 e. The van der Waals surface area contributed by atoms with E-state index in [1.807, 2.05) is 65.6 Å². The molecule has 1 fully saturated rings. The van der Waals surface area contributed by atoms with Crippen molar-refractivity contribution in [2.24, 2.45) is 0 Å². The van der Waals surface area contributed by atoms with Crippen molar-refractivity contribution in [3.05, 3.63) is 66.5 Å². The minimum absolute atomic E-state index is 0.120. The standard InChI is InChI=1S/C20H21N5O/c1-15-14-24(13-12-21-15)20(26)18-22-19(16-8-4-2-5-9-16)25(23-18)17-10-6-3-7-11-17/h2-11,15,21H,12-14H2,1H3. The van der Waals surface area contributed by atoms with Crippen LogP contribution in [0.15, 0.2) is 60.7 Å². The van der Waals surface area contributed by atoms with Crippen LogP contribution >= 0.6 is 0 Å². The average molecular weight is 347 g/mol. The summed E-state index contributed by atoms with van der Waals surface area (Å²) in [6.07, 6.45) is 0. The van der Waals surface area contributed by atoms with Crippen molar-refractivity contribution in [1.82, 2.24) is 25.0 Å². The van der Waals surface area contributed by atoms with Gasteiger partial charge in [-0.25, -0.2) is 9.67 Å². The van der Waals surface area contributed by atoms with Gasteiger partial charge in [0, 0.05) is 31.2 Å². The third-order valence-electron chi connectivity index (χ3n) is 4.49. The fourth-order valence-electron chi connectivity index (χ4n) is 3.18. The minimum Gasteiger partial charge on any atom is -0.333 e. The zero-order valence-electron chi connectivity index (χ0n) is 14.7. The van der Waals surface area contributed by atoms with E-state index in [2.05, 4.69) is 22.3 Å². The quantitative estimate of drug-likeness (QED) is 0.790. The Morgan fingerprint density at radius 1 is 1.08 bits per heavy atom. The lowest BCUT2D eigenvalue weighted by atomic mass is 10.2. The van der Waals surface area contributed by atoms with Gasteiger partial charge in [-0.3, -0.25) is 4.79 Å². The van der Waals surface area contributed by atoms with Crippen molar-refractivity contribution in [3.63, 3.8) is 0 Å². The van der Waals surface area contributed by atoms with Gasteiger partial charge in [0.25, 0.3) is 5.91 Å². The molecule has 0 saturated carbocycles. The van der Waals surface area contributed by atoms with Crippen molar-refractivity contribution >= 4 is 5.91 Å². The van der Waals surface area contributed by atoms with Crippen molar-refractivity contribution in [2.45, 2.75) is 13.0 Å². The molecule has 0 spiro atoms. The number of piperazine rings is 1. The number of carbonyl (C=O) groups excluding carboxylic acids is 1. The number of amides is 1. The number of rotatable bonds is 3. The molecule has 0 aliphatic carbocycles. The van der Waals surface area contributed by atoms with E-state index in [4.69, 9.17) is 0 Å². The predicted octanol–water partition coefficient (Wildman–Crippen LogP) is 2.37. The molecule has 3 aromatic rings.